The zero-order chi connectivity index (χ0) is 27.7. The maximum absolute atomic E-state index is 13.0. The topological polar surface area (TPSA) is 55.9 Å². The lowest BCUT2D eigenvalue weighted by Crippen LogP contribution is -2.56. The number of hydrogen-bond donors (Lipinski definition) is 1. The van der Waals surface area contributed by atoms with Gasteiger partial charge in [-0.3, -0.25) is 14.5 Å². The molecule has 6 nitrogen and oxygen atoms in total. The molecular weight excluding hydrogens is 540 g/mol. The van der Waals surface area contributed by atoms with E-state index in [0.717, 1.165) is 44.1 Å². The first-order valence-corrected chi connectivity index (χ1v) is 13.2. The van der Waals surface area contributed by atoms with Gasteiger partial charge in [0.05, 0.1) is 28.7 Å². The van der Waals surface area contributed by atoms with Gasteiger partial charge in [-0.15, -0.1) is 0 Å². The lowest BCUT2D eigenvalue weighted by Gasteiger charge is -2.46. The van der Waals surface area contributed by atoms with Crippen LogP contribution in [0.4, 0.5) is 13.2 Å². The van der Waals surface area contributed by atoms with E-state index in [0.29, 0.717) is 34.3 Å². The first-order chi connectivity index (χ1) is 17.9. The van der Waals surface area contributed by atoms with Crippen LogP contribution in [0.5, 0.6) is 0 Å². The van der Waals surface area contributed by atoms with Gasteiger partial charge in [0.1, 0.15) is 0 Å². The van der Waals surface area contributed by atoms with Gasteiger partial charge in [0.25, 0.3) is 0 Å². The average molecular weight is 571 g/mol. The number of carbonyl (C=O) groups excluding carboxylic acids is 2. The molecule has 0 radical (unpaired) electrons. The first-order valence-electron chi connectivity index (χ1n) is 12.5. The Morgan fingerprint density at radius 2 is 1.79 bits per heavy atom. The number of hydrogen-bond acceptors (Lipinski definition) is 4. The van der Waals surface area contributed by atoms with Crippen molar-refractivity contribution in [3.05, 3.63) is 69.2 Å². The van der Waals surface area contributed by atoms with Crippen molar-refractivity contribution in [2.24, 2.45) is 0 Å². The fraction of sp³-hybridized carbons (Fsp3) is 0.481. The molecule has 2 aliphatic rings. The molecule has 2 heterocycles. The zero-order valence-corrected chi connectivity index (χ0v) is 22.8. The molecule has 0 aromatic heterocycles. The highest BCUT2D eigenvalue weighted by Gasteiger charge is 2.43. The van der Waals surface area contributed by atoms with E-state index in [1.165, 1.54) is 5.56 Å². The third kappa shape index (κ3) is 6.28. The summed E-state index contributed by atoms with van der Waals surface area (Å²) in [7, 11) is 2.83. The van der Waals surface area contributed by atoms with E-state index < -0.39 is 12.1 Å². The molecule has 206 valence electrons. The number of likely N-dealkylation sites (tertiary alicyclic amines) is 1. The Hall–Kier alpha value is -2.33. The molecule has 0 bridgehead atoms. The van der Waals surface area contributed by atoms with Crippen molar-refractivity contribution in [3.8, 4) is 0 Å². The van der Waals surface area contributed by atoms with Gasteiger partial charge in [-0.1, -0.05) is 53.5 Å². The van der Waals surface area contributed by atoms with Gasteiger partial charge >= 0.3 is 12.1 Å². The maximum Gasteiger partial charge on any atom is 0.471 e. The lowest BCUT2D eigenvalue weighted by atomic mass is 9.75. The van der Waals surface area contributed by atoms with E-state index >= 15 is 0 Å². The molecule has 1 saturated heterocycles. The maximum atomic E-state index is 13.0. The monoisotopic (exact) mass is 570 g/mol. The number of halogens is 5. The van der Waals surface area contributed by atoms with Crippen LogP contribution in [0.25, 0.3) is 0 Å². The molecule has 1 spiro atoms. The molecule has 1 N–H and O–H groups in total. The Morgan fingerprint density at radius 3 is 2.45 bits per heavy atom. The van der Waals surface area contributed by atoms with Crippen LogP contribution in [-0.2, 0) is 21.5 Å². The highest BCUT2D eigenvalue weighted by atomic mass is 35.5. The first kappa shape index (κ1) is 28.7. The second-order valence-corrected chi connectivity index (χ2v) is 11.0. The summed E-state index contributed by atoms with van der Waals surface area (Å²) in [5, 5.41) is 3.98. The number of amides is 2. The van der Waals surface area contributed by atoms with Crippen LogP contribution in [-0.4, -0.2) is 73.1 Å². The quantitative estimate of drug-likeness (QED) is 0.476. The van der Waals surface area contributed by atoms with Crippen molar-refractivity contribution in [2.75, 3.05) is 40.4 Å². The van der Waals surface area contributed by atoms with Crippen molar-refractivity contribution in [3.63, 3.8) is 0 Å². The summed E-state index contributed by atoms with van der Waals surface area (Å²) in [4.78, 5) is 28.8. The van der Waals surface area contributed by atoms with Crippen LogP contribution < -0.4 is 5.32 Å². The summed E-state index contributed by atoms with van der Waals surface area (Å²) in [6.45, 7) is 1.99. The van der Waals surface area contributed by atoms with Gasteiger partial charge in [-0.05, 0) is 61.7 Å². The smallest absolute Gasteiger partial charge is 0.346 e. The third-order valence-corrected chi connectivity index (χ3v) is 8.31. The summed E-state index contributed by atoms with van der Waals surface area (Å²) < 4.78 is 38.9. The van der Waals surface area contributed by atoms with Crippen LogP contribution in [0.1, 0.15) is 42.0 Å². The predicted octanol–water partition coefficient (Wildman–Crippen LogP) is 5.00. The fourth-order valence-corrected chi connectivity index (χ4v) is 5.93. The second-order valence-electron chi connectivity index (χ2n) is 10.2. The molecule has 0 aliphatic carbocycles. The van der Waals surface area contributed by atoms with Crippen LogP contribution in [0.15, 0.2) is 42.5 Å². The van der Waals surface area contributed by atoms with E-state index in [1.54, 1.807) is 30.1 Å². The molecule has 4 rings (SSSR count). The van der Waals surface area contributed by atoms with Crippen molar-refractivity contribution in [1.82, 2.24) is 20.0 Å². The number of nitrogens with zero attached hydrogens (tertiary/aromatic N) is 3. The zero-order valence-electron chi connectivity index (χ0n) is 21.3. The van der Waals surface area contributed by atoms with E-state index in [9.17, 15) is 22.8 Å². The molecule has 1 atom stereocenters. The van der Waals surface area contributed by atoms with Crippen LogP contribution in [0.3, 0.4) is 0 Å². The predicted molar refractivity (Wildman–Crippen MR) is 141 cm³/mol. The minimum absolute atomic E-state index is 0.0379. The normalized spacial score (nSPS) is 18.3. The molecule has 2 amide bonds. The average Bonchev–Trinajstić information content (AvgIpc) is 2.86. The highest BCUT2D eigenvalue weighted by Crippen LogP contribution is 2.38. The lowest BCUT2D eigenvalue weighted by molar-refractivity contribution is -0.186. The number of benzene rings is 2. The van der Waals surface area contributed by atoms with Crippen molar-refractivity contribution >= 4 is 35.0 Å². The van der Waals surface area contributed by atoms with Crippen LogP contribution >= 0.6 is 23.2 Å². The Labute approximate surface area is 230 Å². The minimum atomic E-state index is -4.94. The van der Waals surface area contributed by atoms with Gasteiger partial charge in [0.2, 0.25) is 5.91 Å². The summed E-state index contributed by atoms with van der Waals surface area (Å²) in [6, 6.07) is 13.0. The second kappa shape index (κ2) is 11.4. The number of fused-ring (bicyclic) bond motifs is 2. The SMILES string of the molecule is CN(CN(C)[C@@H](CCN1CCC2(CC1)NC(=O)Cc1ccccc12)c1ccc(Cl)c(Cl)c1)C(=O)C(F)(F)F. The molecule has 11 heteroatoms. The van der Waals surface area contributed by atoms with Gasteiger partial charge < -0.3 is 15.1 Å². The summed E-state index contributed by atoms with van der Waals surface area (Å²) in [6.07, 6.45) is -2.41. The Kier molecular flexibility index (Phi) is 8.62. The van der Waals surface area contributed by atoms with E-state index in [1.807, 2.05) is 18.2 Å². The van der Waals surface area contributed by atoms with Crippen molar-refractivity contribution in [1.29, 1.82) is 0 Å². The molecular formula is C27H31Cl2F3N4O2. The number of carbonyl (C=O) groups is 2. The molecule has 2 aromatic carbocycles. The largest absolute Gasteiger partial charge is 0.471 e. The molecule has 0 unspecified atom stereocenters. The Bertz CT molecular complexity index is 1190. The van der Waals surface area contributed by atoms with Crippen molar-refractivity contribution < 1.29 is 22.8 Å². The van der Waals surface area contributed by atoms with Crippen molar-refractivity contribution in [2.45, 2.75) is 43.4 Å². The van der Waals surface area contributed by atoms with Gasteiger partial charge in [0.15, 0.2) is 0 Å². The number of alkyl halides is 3. The molecule has 2 aromatic rings. The van der Waals surface area contributed by atoms with Crippen LogP contribution in [0, 0.1) is 0 Å². The van der Waals surface area contributed by atoms with Gasteiger partial charge in [0, 0.05) is 26.2 Å². The third-order valence-electron chi connectivity index (χ3n) is 7.58. The van der Waals surface area contributed by atoms with E-state index in [4.69, 9.17) is 23.2 Å². The standard InChI is InChI=1S/C27H31Cl2F3N4O2/c1-34(17-35(2)25(38)27(30,31)32)23(19-7-8-21(28)22(29)15-19)9-12-36-13-10-26(11-14-36)20-6-4-3-5-18(20)16-24(37)33-26/h3-8,15,23H,9-14,16-17H2,1-2H3,(H,33,37)/t23-/m0/s1. The Morgan fingerprint density at radius 1 is 1.11 bits per heavy atom. The highest BCUT2D eigenvalue weighted by molar-refractivity contribution is 6.42. The summed E-state index contributed by atoms with van der Waals surface area (Å²) >= 11 is 12.3. The molecule has 0 saturated carbocycles. The summed E-state index contributed by atoms with van der Waals surface area (Å²) in [5.41, 5.74) is 2.69. The summed E-state index contributed by atoms with van der Waals surface area (Å²) in [5.74, 6) is -1.86. The number of rotatable bonds is 7. The molecule has 2 aliphatic heterocycles. The van der Waals surface area contributed by atoms with Gasteiger partial charge in [-0.25, -0.2) is 0 Å². The number of nitrogens with one attached hydrogen (secondary N) is 1. The fourth-order valence-electron chi connectivity index (χ4n) is 5.63. The number of piperidine rings is 1. The van der Waals surface area contributed by atoms with Gasteiger partial charge in [-0.2, -0.15) is 13.2 Å². The minimum Gasteiger partial charge on any atom is -0.346 e. The Balaban J connectivity index is 1.45. The van der Waals surface area contributed by atoms with Crippen LogP contribution in [0.2, 0.25) is 10.0 Å². The molecule has 1 fully saturated rings. The van der Waals surface area contributed by atoms with E-state index in [2.05, 4.69) is 16.3 Å². The van der Waals surface area contributed by atoms with E-state index in [-0.39, 0.29) is 24.2 Å². The molecule has 38 heavy (non-hydrogen) atoms.